The summed E-state index contributed by atoms with van der Waals surface area (Å²) in [5, 5.41) is 2.69. The summed E-state index contributed by atoms with van der Waals surface area (Å²) in [6.45, 7) is 6.29. The lowest BCUT2D eigenvalue weighted by molar-refractivity contribution is -0.129. The highest BCUT2D eigenvalue weighted by atomic mass is 16.2. The predicted molar refractivity (Wildman–Crippen MR) is 108 cm³/mol. The van der Waals surface area contributed by atoms with Gasteiger partial charge in [0.05, 0.1) is 0 Å². The van der Waals surface area contributed by atoms with Gasteiger partial charge in [0.15, 0.2) is 0 Å². The molecule has 2 aromatic rings. The van der Waals surface area contributed by atoms with Crippen LogP contribution in [0.25, 0.3) is 6.08 Å². The quantitative estimate of drug-likeness (QED) is 0.850. The van der Waals surface area contributed by atoms with Crippen molar-refractivity contribution in [3.05, 3.63) is 71.4 Å². The van der Waals surface area contributed by atoms with Crippen LogP contribution in [0, 0.1) is 6.92 Å². The molecule has 27 heavy (non-hydrogen) atoms. The molecule has 3 rings (SSSR count). The summed E-state index contributed by atoms with van der Waals surface area (Å²) in [6.07, 6.45) is 1.73. The smallest absolute Gasteiger partial charge is 0.270 e. The number of nitrogens with one attached hydrogen (secondary N) is 1. The molecule has 1 N–H and O–H groups in total. The number of hydrogen-bond acceptors (Lipinski definition) is 3. The summed E-state index contributed by atoms with van der Waals surface area (Å²) in [5.74, 6) is -0.387. The summed E-state index contributed by atoms with van der Waals surface area (Å²) in [4.78, 5) is 28.6. The molecule has 0 radical (unpaired) electrons. The van der Waals surface area contributed by atoms with Crippen LogP contribution in [0.1, 0.15) is 18.1 Å². The number of nitrogens with zero attached hydrogens (tertiary/aromatic N) is 2. The zero-order chi connectivity index (χ0) is 19.2. The van der Waals surface area contributed by atoms with E-state index in [0.717, 1.165) is 18.7 Å². The maximum atomic E-state index is 13.0. The first-order valence-electron chi connectivity index (χ1n) is 9.18. The van der Waals surface area contributed by atoms with E-state index in [-0.39, 0.29) is 11.8 Å². The molecular weight excluding hydrogens is 338 g/mol. The van der Waals surface area contributed by atoms with E-state index in [1.54, 1.807) is 11.0 Å². The molecule has 140 valence electrons. The Balaban J connectivity index is 1.70. The number of rotatable bonds is 4. The number of piperazine rings is 1. The van der Waals surface area contributed by atoms with E-state index in [2.05, 4.69) is 41.4 Å². The van der Waals surface area contributed by atoms with Crippen molar-refractivity contribution >= 4 is 23.6 Å². The predicted octanol–water partition coefficient (Wildman–Crippen LogP) is 2.82. The summed E-state index contributed by atoms with van der Waals surface area (Å²) in [5.41, 5.74) is 3.61. The second-order valence-electron chi connectivity index (χ2n) is 6.77. The molecule has 5 nitrogen and oxygen atoms in total. The second kappa shape index (κ2) is 8.54. The Kier molecular flexibility index (Phi) is 5.91. The van der Waals surface area contributed by atoms with Crippen LogP contribution in [0.4, 0.5) is 5.69 Å². The normalized spacial score (nSPS) is 14.8. The van der Waals surface area contributed by atoms with E-state index in [0.29, 0.717) is 18.8 Å². The molecule has 0 bridgehead atoms. The lowest BCUT2D eigenvalue weighted by atomic mass is 10.1. The highest BCUT2D eigenvalue weighted by Crippen LogP contribution is 2.18. The summed E-state index contributed by atoms with van der Waals surface area (Å²) >= 11 is 0. The van der Waals surface area contributed by atoms with E-state index < -0.39 is 0 Å². The van der Waals surface area contributed by atoms with Gasteiger partial charge < -0.3 is 15.1 Å². The van der Waals surface area contributed by atoms with Crippen LogP contribution in [0.3, 0.4) is 0 Å². The third kappa shape index (κ3) is 4.97. The third-order valence-corrected chi connectivity index (χ3v) is 4.59. The van der Waals surface area contributed by atoms with Crippen LogP contribution in [0.2, 0.25) is 0 Å². The Hall–Kier alpha value is -3.08. The van der Waals surface area contributed by atoms with Crippen LogP contribution in [0.5, 0.6) is 0 Å². The molecule has 1 fully saturated rings. The number of hydrogen-bond donors (Lipinski definition) is 1. The van der Waals surface area contributed by atoms with Crippen LogP contribution in [-0.2, 0) is 9.59 Å². The Morgan fingerprint density at radius 1 is 0.963 bits per heavy atom. The number of carbonyl (C=O) groups excluding carboxylic acids is 2. The van der Waals surface area contributed by atoms with Gasteiger partial charge in [-0.25, -0.2) is 0 Å². The third-order valence-electron chi connectivity index (χ3n) is 4.59. The molecule has 0 atom stereocenters. The van der Waals surface area contributed by atoms with Gasteiger partial charge in [0, 0.05) is 38.8 Å². The SMILES string of the molecule is CC(=O)N/C(=C\c1ccccc1)C(=O)N1CCN(c2cccc(C)c2)CC1. The Labute approximate surface area is 160 Å². The van der Waals surface area contributed by atoms with Crippen LogP contribution in [-0.4, -0.2) is 42.9 Å². The van der Waals surface area contributed by atoms with Gasteiger partial charge in [-0.3, -0.25) is 9.59 Å². The molecule has 0 spiro atoms. The first kappa shape index (κ1) is 18.7. The standard InChI is InChI=1S/C22H25N3O2/c1-17-7-6-10-20(15-17)24-11-13-25(14-12-24)22(27)21(23-18(2)26)16-19-8-4-3-5-9-19/h3-10,15-16H,11-14H2,1-2H3,(H,23,26)/b21-16-. The molecule has 2 amide bonds. The van der Waals surface area contributed by atoms with E-state index >= 15 is 0 Å². The Morgan fingerprint density at radius 2 is 1.67 bits per heavy atom. The van der Waals surface area contributed by atoms with Crippen molar-refractivity contribution in [2.45, 2.75) is 13.8 Å². The number of amides is 2. The van der Waals surface area contributed by atoms with E-state index in [4.69, 9.17) is 0 Å². The summed E-state index contributed by atoms with van der Waals surface area (Å²) in [6, 6.07) is 17.9. The lowest BCUT2D eigenvalue weighted by Crippen LogP contribution is -2.50. The first-order valence-corrected chi connectivity index (χ1v) is 9.18. The van der Waals surface area contributed by atoms with Gasteiger partial charge in [0.1, 0.15) is 5.70 Å². The first-order chi connectivity index (χ1) is 13.0. The topological polar surface area (TPSA) is 52.7 Å². The molecule has 5 heteroatoms. The van der Waals surface area contributed by atoms with Crippen molar-refractivity contribution in [2.24, 2.45) is 0 Å². The molecule has 0 aliphatic carbocycles. The van der Waals surface area contributed by atoms with Gasteiger partial charge in [0.2, 0.25) is 5.91 Å². The van der Waals surface area contributed by atoms with E-state index in [1.807, 2.05) is 30.3 Å². The van der Waals surface area contributed by atoms with Crippen LogP contribution < -0.4 is 10.2 Å². The number of aryl methyl sites for hydroxylation is 1. The fourth-order valence-corrected chi connectivity index (χ4v) is 3.22. The van der Waals surface area contributed by atoms with Crippen molar-refractivity contribution in [1.82, 2.24) is 10.2 Å². The van der Waals surface area contributed by atoms with Crippen molar-refractivity contribution < 1.29 is 9.59 Å². The molecule has 0 saturated carbocycles. The monoisotopic (exact) mass is 363 g/mol. The van der Waals surface area contributed by atoms with Gasteiger partial charge in [-0.2, -0.15) is 0 Å². The highest BCUT2D eigenvalue weighted by molar-refractivity contribution is 6.01. The van der Waals surface area contributed by atoms with Crippen molar-refractivity contribution in [2.75, 3.05) is 31.1 Å². The zero-order valence-electron chi connectivity index (χ0n) is 15.8. The number of benzene rings is 2. The fourth-order valence-electron chi connectivity index (χ4n) is 3.22. The minimum absolute atomic E-state index is 0.141. The fraction of sp³-hybridized carbons (Fsp3) is 0.273. The van der Waals surface area contributed by atoms with E-state index in [1.165, 1.54) is 18.2 Å². The molecule has 1 heterocycles. The largest absolute Gasteiger partial charge is 0.368 e. The molecule has 0 aromatic heterocycles. The molecule has 1 saturated heterocycles. The van der Waals surface area contributed by atoms with Crippen molar-refractivity contribution in [3.63, 3.8) is 0 Å². The maximum absolute atomic E-state index is 13.0. The van der Waals surface area contributed by atoms with Crippen LogP contribution in [0.15, 0.2) is 60.3 Å². The number of carbonyl (C=O) groups is 2. The highest BCUT2D eigenvalue weighted by Gasteiger charge is 2.24. The molecule has 0 unspecified atom stereocenters. The number of anilines is 1. The van der Waals surface area contributed by atoms with E-state index in [9.17, 15) is 9.59 Å². The second-order valence-corrected chi connectivity index (χ2v) is 6.77. The zero-order valence-corrected chi connectivity index (χ0v) is 15.8. The minimum Gasteiger partial charge on any atom is -0.368 e. The van der Waals surface area contributed by atoms with Crippen molar-refractivity contribution in [1.29, 1.82) is 0 Å². The van der Waals surface area contributed by atoms with Crippen molar-refractivity contribution in [3.8, 4) is 0 Å². The average molecular weight is 363 g/mol. The van der Waals surface area contributed by atoms with Gasteiger partial charge in [-0.05, 0) is 36.3 Å². The summed E-state index contributed by atoms with van der Waals surface area (Å²) in [7, 11) is 0. The van der Waals surface area contributed by atoms with Crippen LogP contribution >= 0.6 is 0 Å². The van der Waals surface area contributed by atoms with Gasteiger partial charge in [0.25, 0.3) is 5.91 Å². The maximum Gasteiger partial charge on any atom is 0.270 e. The van der Waals surface area contributed by atoms with Gasteiger partial charge >= 0.3 is 0 Å². The Morgan fingerprint density at radius 3 is 2.30 bits per heavy atom. The molecule has 1 aliphatic rings. The Bertz CT molecular complexity index is 838. The lowest BCUT2D eigenvalue weighted by Gasteiger charge is -2.36. The molecule has 2 aromatic carbocycles. The summed E-state index contributed by atoms with van der Waals surface area (Å²) < 4.78 is 0. The average Bonchev–Trinajstić information content (AvgIpc) is 2.67. The minimum atomic E-state index is -0.246. The molecule has 1 aliphatic heterocycles. The molecular formula is C22H25N3O2. The van der Waals surface area contributed by atoms with Gasteiger partial charge in [-0.15, -0.1) is 0 Å². The van der Waals surface area contributed by atoms with Gasteiger partial charge in [-0.1, -0.05) is 42.5 Å².